The zero-order chi connectivity index (χ0) is 14.9. The van der Waals surface area contributed by atoms with Crippen molar-refractivity contribution in [3.8, 4) is 11.4 Å². The lowest BCUT2D eigenvalue weighted by Gasteiger charge is -2.13. The van der Waals surface area contributed by atoms with Gasteiger partial charge in [0, 0.05) is 14.1 Å². The second-order valence-electron chi connectivity index (χ2n) is 4.22. The highest BCUT2D eigenvalue weighted by molar-refractivity contribution is 5.92. The number of aromatic carboxylic acids is 1. The molecule has 0 aliphatic heterocycles. The maximum atomic E-state index is 11.7. The Morgan fingerprint density at radius 1 is 1.45 bits per heavy atom. The first-order chi connectivity index (χ1) is 9.47. The number of carboxylic acid groups (broad SMARTS) is 1. The summed E-state index contributed by atoms with van der Waals surface area (Å²) in [5, 5.41) is 19.1. The van der Waals surface area contributed by atoms with Gasteiger partial charge in [0.1, 0.15) is 11.7 Å². The molecule has 2 aromatic rings. The van der Waals surface area contributed by atoms with E-state index < -0.39 is 12.0 Å². The van der Waals surface area contributed by atoms with Crippen LogP contribution in [0.25, 0.3) is 11.4 Å². The minimum absolute atomic E-state index is 0.218. The maximum Gasteiger partial charge on any atom is 0.358 e. The minimum Gasteiger partial charge on any atom is -0.476 e. The van der Waals surface area contributed by atoms with Crippen molar-refractivity contribution in [2.45, 2.75) is 13.0 Å². The molecule has 1 amide bonds. The highest BCUT2D eigenvalue weighted by Gasteiger charge is 2.27. The number of nitrogens with one attached hydrogen (secondary N) is 1. The summed E-state index contributed by atoms with van der Waals surface area (Å²) in [6.07, 6.45) is 3.03. The SMILES string of the molecule is CNC(=O)C(C)n1nnc(C(=O)O)c1-c1cncn1C. The van der Waals surface area contributed by atoms with Gasteiger partial charge in [-0.25, -0.2) is 14.5 Å². The molecule has 0 aromatic carbocycles. The lowest BCUT2D eigenvalue weighted by molar-refractivity contribution is -0.123. The highest BCUT2D eigenvalue weighted by atomic mass is 16.4. The molecule has 2 N–H and O–H groups in total. The average Bonchev–Trinajstić information content (AvgIpc) is 3.02. The Morgan fingerprint density at radius 3 is 2.65 bits per heavy atom. The number of aromatic nitrogens is 5. The Bertz CT molecular complexity index is 659. The van der Waals surface area contributed by atoms with E-state index in [4.69, 9.17) is 0 Å². The standard InChI is InChI=1S/C11H14N6O3/c1-6(10(18)12-2)17-9(7-4-13-5-16(7)3)8(11(19)20)14-15-17/h4-6H,1-3H3,(H,12,18)(H,19,20). The van der Waals surface area contributed by atoms with Gasteiger partial charge in [0.05, 0.1) is 18.2 Å². The molecule has 106 valence electrons. The summed E-state index contributed by atoms with van der Waals surface area (Å²) >= 11 is 0. The Labute approximate surface area is 114 Å². The van der Waals surface area contributed by atoms with Crippen LogP contribution in [0.2, 0.25) is 0 Å². The molecule has 20 heavy (non-hydrogen) atoms. The molecule has 2 aromatic heterocycles. The largest absolute Gasteiger partial charge is 0.476 e. The number of likely N-dealkylation sites (N-methyl/N-ethyl adjacent to an activating group) is 1. The number of nitrogens with zero attached hydrogens (tertiary/aromatic N) is 5. The molecule has 1 unspecified atom stereocenters. The fourth-order valence-electron chi connectivity index (χ4n) is 1.85. The predicted octanol–water partition coefficient (Wildman–Crippen LogP) is -0.316. The first-order valence-electron chi connectivity index (χ1n) is 5.84. The van der Waals surface area contributed by atoms with Crippen molar-refractivity contribution in [1.82, 2.24) is 29.9 Å². The van der Waals surface area contributed by atoms with E-state index in [1.165, 1.54) is 24.3 Å². The van der Waals surface area contributed by atoms with Crippen molar-refractivity contribution >= 4 is 11.9 Å². The summed E-state index contributed by atoms with van der Waals surface area (Å²) in [5.41, 5.74) is 0.543. The molecule has 0 aliphatic rings. The normalized spacial score (nSPS) is 12.2. The number of amides is 1. The number of carbonyl (C=O) groups excluding carboxylic acids is 1. The zero-order valence-electron chi connectivity index (χ0n) is 11.2. The van der Waals surface area contributed by atoms with Crippen LogP contribution in [-0.4, -0.2) is 48.6 Å². The van der Waals surface area contributed by atoms with E-state index in [1.807, 2.05) is 0 Å². The molecule has 0 radical (unpaired) electrons. The summed E-state index contributed by atoms with van der Waals surface area (Å²) in [7, 11) is 3.22. The van der Waals surface area contributed by atoms with Gasteiger partial charge in [-0.1, -0.05) is 5.21 Å². The quantitative estimate of drug-likeness (QED) is 0.792. The maximum absolute atomic E-state index is 11.7. The highest BCUT2D eigenvalue weighted by Crippen LogP contribution is 2.24. The van der Waals surface area contributed by atoms with Crippen molar-refractivity contribution in [2.24, 2.45) is 7.05 Å². The average molecular weight is 278 g/mol. The third kappa shape index (κ3) is 2.13. The van der Waals surface area contributed by atoms with Crippen LogP contribution in [0.3, 0.4) is 0 Å². The van der Waals surface area contributed by atoms with Crippen molar-refractivity contribution < 1.29 is 14.7 Å². The number of hydrogen-bond donors (Lipinski definition) is 2. The number of carbonyl (C=O) groups is 2. The van der Waals surface area contributed by atoms with E-state index in [9.17, 15) is 14.7 Å². The first kappa shape index (κ1) is 13.7. The lowest BCUT2D eigenvalue weighted by Crippen LogP contribution is -2.29. The Balaban J connectivity index is 2.63. The summed E-state index contributed by atoms with van der Waals surface area (Å²) in [6.45, 7) is 1.61. The Kier molecular flexibility index (Phi) is 3.51. The molecule has 0 spiro atoms. The number of rotatable bonds is 4. The van der Waals surface area contributed by atoms with Gasteiger partial charge < -0.3 is 15.0 Å². The van der Waals surface area contributed by atoms with Gasteiger partial charge >= 0.3 is 5.97 Å². The molecule has 1 atom stereocenters. The van der Waals surface area contributed by atoms with Crippen LogP contribution in [0.4, 0.5) is 0 Å². The Morgan fingerprint density at radius 2 is 2.15 bits per heavy atom. The Hall–Kier alpha value is -2.71. The number of carboxylic acids is 1. The molecule has 0 saturated heterocycles. The third-order valence-electron chi connectivity index (χ3n) is 2.95. The number of aryl methyl sites for hydroxylation is 1. The number of hydrogen-bond acceptors (Lipinski definition) is 5. The van der Waals surface area contributed by atoms with Gasteiger partial charge in [-0.3, -0.25) is 4.79 Å². The van der Waals surface area contributed by atoms with Crippen LogP contribution in [-0.2, 0) is 11.8 Å². The molecule has 2 rings (SSSR count). The van der Waals surface area contributed by atoms with Crippen molar-refractivity contribution in [3.63, 3.8) is 0 Å². The molecule has 0 saturated carbocycles. The van der Waals surface area contributed by atoms with Gasteiger partial charge in [-0.2, -0.15) is 0 Å². The van der Waals surface area contributed by atoms with Crippen molar-refractivity contribution in [3.05, 3.63) is 18.2 Å². The van der Waals surface area contributed by atoms with E-state index in [0.29, 0.717) is 5.69 Å². The molecule has 9 heteroatoms. The van der Waals surface area contributed by atoms with Crippen LogP contribution >= 0.6 is 0 Å². The van der Waals surface area contributed by atoms with Crippen LogP contribution in [0, 0.1) is 0 Å². The molecule has 0 fully saturated rings. The third-order valence-corrected chi connectivity index (χ3v) is 2.95. The monoisotopic (exact) mass is 278 g/mol. The fraction of sp³-hybridized carbons (Fsp3) is 0.364. The van der Waals surface area contributed by atoms with Gasteiger partial charge in [0.2, 0.25) is 5.91 Å². The minimum atomic E-state index is -1.21. The van der Waals surface area contributed by atoms with Gasteiger partial charge in [0.15, 0.2) is 5.69 Å². The van der Waals surface area contributed by atoms with Crippen LogP contribution in [0.5, 0.6) is 0 Å². The van der Waals surface area contributed by atoms with Gasteiger partial charge in [-0.05, 0) is 6.92 Å². The fourth-order valence-corrected chi connectivity index (χ4v) is 1.85. The van der Waals surface area contributed by atoms with Gasteiger partial charge in [-0.15, -0.1) is 5.10 Å². The molecule has 0 bridgehead atoms. The molecule has 9 nitrogen and oxygen atoms in total. The molecule has 2 heterocycles. The van der Waals surface area contributed by atoms with Gasteiger partial charge in [0.25, 0.3) is 0 Å². The van der Waals surface area contributed by atoms with E-state index >= 15 is 0 Å². The lowest BCUT2D eigenvalue weighted by atomic mass is 10.2. The van der Waals surface area contributed by atoms with Crippen LogP contribution in [0.1, 0.15) is 23.5 Å². The second kappa shape index (κ2) is 5.11. The van der Waals surface area contributed by atoms with E-state index in [1.54, 1.807) is 18.5 Å². The number of imidazole rings is 1. The summed E-state index contributed by atoms with van der Waals surface area (Å²) in [6, 6.07) is -0.689. The molecular formula is C11H14N6O3. The summed E-state index contributed by atoms with van der Waals surface area (Å²) < 4.78 is 2.91. The van der Waals surface area contributed by atoms with Crippen LogP contribution in [0.15, 0.2) is 12.5 Å². The van der Waals surface area contributed by atoms with E-state index in [-0.39, 0.29) is 17.3 Å². The molecular weight excluding hydrogens is 264 g/mol. The molecule has 0 aliphatic carbocycles. The summed E-state index contributed by atoms with van der Waals surface area (Å²) in [5.74, 6) is -1.51. The van der Waals surface area contributed by atoms with E-state index in [2.05, 4.69) is 20.6 Å². The second-order valence-corrected chi connectivity index (χ2v) is 4.22. The van der Waals surface area contributed by atoms with E-state index in [0.717, 1.165) is 0 Å². The first-order valence-corrected chi connectivity index (χ1v) is 5.84. The predicted molar refractivity (Wildman–Crippen MR) is 68.0 cm³/mol. The van der Waals surface area contributed by atoms with Crippen LogP contribution < -0.4 is 5.32 Å². The topological polar surface area (TPSA) is 115 Å². The smallest absolute Gasteiger partial charge is 0.358 e. The summed E-state index contributed by atoms with van der Waals surface area (Å²) in [4.78, 5) is 26.9. The van der Waals surface area contributed by atoms with Crippen molar-refractivity contribution in [1.29, 1.82) is 0 Å². The zero-order valence-corrected chi connectivity index (χ0v) is 11.2. The van der Waals surface area contributed by atoms with Crippen molar-refractivity contribution in [2.75, 3.05) is 7.05 Å².